The molecule has 0 atom stereocenters. The molecule has 1 heterocycles. The molecule has 0 spiro atoms. The number of amides is 1. The van der Waals surface area contributed by atoms with Crippen molar-refractivity contribution in [3.8, 4) is 22.6 Å². The van der Waals surface area contributed by atoms with Crippen molar-refractivity contribution in [2.24, 2.45) is 0 Å². The first-order chi connectivity index (χ1) is 16.1. The third-order valence-electron chi connectivity index (χ3n) is 5.56. The molecular formula is C28H21BrN2O2. The second kappa shape index (κ2) is 9.04. The number of hydrogen-bond donors (Lipinski definition) is 1. The van der Waals surface area contributed by atoms with Crippen LogP contribution in [0, 0.1) is 0 Å². The van der Waals surface area contributed by atoms with Crippen LogP contribution in [0.15, 0.2) is 99.9 Å². The lowest BCUT2D eigenvalue weighted by molar-refractivity contribution is 0.102. The Morgan fingerprint density at radius 3 is 2.24 bits per heavy atom. The van der Waals surface area contributed by atoms with Crippen molar-refractivity contribution in [3.63, 3.8) is 0 Å². The lowest BCUT2D eigenvalue weighted by atomic mass is 10.0. The number of nitrogens with one attached hydrogen (secondary N) is 1. The van der Waals surface area contributed by atoms with E-state index in [2.05, 4.69) is 51.4 Å². The van der Waals surface area contributed by atoms with Gasteiger partial charge in [0.1, 0.15) is 5.52 Å². The summed E-state index contributed by atoms with van der Waals surface area (Å²) in [5.74, 6) is 0.397. The topological polar surface area (TPSA) is 55.1 Å². The molecule has 0 aliphatic heterocycles. The minimum atomic E-state index is -0.153. The third-order valence-corrected chi connectivity index (χ3v) is 6.15. The van der Waals surface area contributed by atoms with Gasteiger partial charge in [-0.2, -0.15) is 0 Å². The van der Waals surface area contributed by atoms with E-state index in [4.69, 9.17) is 4.42 Å². The van der Waals surface area contributed by atoms with E-state index in [0.29, 0.717) is 17.1 Å². The standard InChI is InChI=1S/C28H21BrN2O2/c1-2-18-16-24(29)26-25(17-18)31-28(33-26)22-12-14-23(15-13-22)30-27(32)21-10-8-20(9-11-21)19-6-4-3-5-7-19/h3-17H,2H2,1H3,(H,30,32). The van der Waals surface area contributed by atoms with E-state index in [-0.39, 0.29) is 5.91 Å². The van der Waals surface area contributed by atoms with Crippen molar-refractivity contribution >= 4 is 38.6 Å². The van der Waals surface area contributed by atoms with Crippen molar-refractivity contribution in [1.29, 1.82) is 0 Å². The second-order valence-corrected chi connectivity index (χ2v) is 8.63. The highest BCUT2D eigenvalue weighted by atomic mass is 79.9. The molecule has 5 aromatic rings. The first-order valence-electron chi connectivity index (χ1n) is 10.8. The first-order valence-corrected chi connectivity index (χ1v) is 11.6. The van der Waals surface area contributed by atoms with E-state index in [0.717, 1.165) is 38.7 Å². The average Bonchev–Trinajstić information content (AvgIpc) is 3.30. The summed E-state index contributed by atoms with van der Waals surface area (Å²) in [6.45, 7) is 2.11. The summed E-state index contributed by atoms with van der Waals surface area (Å²) in [4.78, 5) is 17.3. The normalized spacial score (nSPS) is 11.0. The molecule has 0 unspecified atom stereocenters. The number of fused-ring (bicyclic) bond motifs is 1. The first kappa shape index (κ1) is 21.2. The van der Waals surface area contributed by atoms with Gasteiger partial charge in [0.25, 0.3) is 5.91 Å². The summed E-state index contributed by atoms with van der Waals surface area (Å²) in [6, 6.07) is 29.3. The van der Waals surface area contributed by atoms with Crippen LogP contribution in [0.4, 0.5) is 5.69 Å². The highest BCUT2D eigenvalue weighted by Gasteiger charge is 2.13. The third kappa shape index (κ3) is 4.45. The maximum Gasteiger partial charge on any atom is 0.255 e. The number of aromatic nitrogens is 1. The number of anilines is 1. The van der Waals surface area contributed by atoms with E-state index >= 15 is 0 Å². The quantitative estimate of drug-likeness (QED) is 0.270. The van der Waals surface area contributed by atoms with E-state index in [1.807, 2.05) is 72.8 Å². The highest BCUT2D eigenvalue weighted by Crippen LogP contribution is 2.31. The van der Waals surface area contributed by atoms with Crippen LogP contribution in [0.2, 0.25) is 0 Å². The molecular weight excluding hydrogens is 476 g/mol. The molecule has 0 saturated heterocycles. The van der Waals surface area contributed by atoms with E-state index in [9.17, 15) is 4.79 Å². The van der Waals surface area contributed by atoms with Gasteiger partial charge >= 0.3 is 0 Å². The minimum Gasteiger partial charge on any atom is -0.435 e. The number of halogens is 1. The number of carbonyl (C=O) groups is 1. The Morgan fingerprint density at radius 1 is 0.879 bits per heavy atom. The molecule has 0 saturated carbocycles. The monoisotopic (exact) mass is 496 g/mol. The van der Waals surface area contributed by atoms with E-state index < -0.39 is 0 Å². The molecule has 0 fully saturated rings. The Kier molecular flexibility index (Phi) is 5.80. The van der Waals surface area contributed by atoms with Crippen LogP contribution in [0.25, 0.3) is 33.7 Å². The molecule has 5 rings (SSSR count). The molecule has 1 N–H and O–H groups in total. The van der Waals surface area contributed by atoms with Gasteiger partial charge in [0, 0.05) is 16.8 Å². The van der Waals surface area contributed by atoms with Crippen molar-refractivity contribution < 1.29 is 9.21 Å². The summed E-state index contributed by atoms with van der Waals surface area (Å²) in [5.41, 5.74) is 7.12. The molecule has 0 bridgehead atoms. The van der Waals surface area contributed by atoms with E-state index in [1.54, 1.807) is 0 Å². The number of nitrogens with zero attached hydrogens (tertiary/aromatic N) is 1. The van der Waals surface area contributed by atoms with Gasteiger partial charge in [0.2, 0.25) is 5.89 Å². The van der Waals surface area contributed by atoms with Gasteiger partial charge in [-0.3, -0.25) is 4.79 Å². The van der Waals surface area contributed by atoms with Crippen LogP contribution < -0.4 is 5.32 Å². The number of aryl methyl sites for hydroxylation is 1. The molecule has 1 amide bonds. The fraction of sp³-hybridized carbons (Fsp3) is 0.0714. The predicted octanol–water partition coefficient (Wildman–Crippen LogP) is 7.74. The summed E-state index contributed by atoms with van der Waals surface area (Å²) in [5, 5.41) is 2.95. The summed E-state index contributed by atoms with van der Waals surface area (Å²) >= 11 is 3.57. The number of oxazole rings is 1. The van der Waals surface area contributed by atoms with Crippen LogP contribution in [0.1, 0.15) is 22.8 Å². The van der Waals surface area contributed by atoms with Gasteiger partial charge in [0.15, 0.2) is 5.58 Å². The summed E-state index contributed by atoms with van der Waals surface area (Å²) < 4.78 is 6.88. The van der Waals surface area contributed by atoms with Crippen LogP contribution in [-0.2, 0) is 6.42 Å². The summed E-state index contributed by atoms with van der Waals surface area (Å²) in [7, 11) is 0. The summed E-state index contributed by atoms with van der Waals surface area (Å²) in [6.07, 6.45) is 0.931. The van der Waals surface area contributed by atoms with Crippen molar-refractivity contribution in [2.75, 3.05) is 5.32 Å². The predicted molar refractivity (Wildman–Crippen MR) is 136 cm³/mol. The van der Waals surface area contributed by atoms with Gasteiger partial charge in [-0.25, -0.2) is 4.98 Å². The van der Waals surface area contributed by atoms with Gasteiger partial charge < -0.3 is 9.73 Å². The Bertz CT molecular complexity index is 1420. The Balaban J connectivity index is 1.31. The molecule has 5 heteroatoms. The van der Waals surface area contributed by atoms with Gasteiger partial charge in [-0.1, -0.05) is 49.4 Å². The molecule has 0 aliphatic carbocycles. The Hall–Kier alpha value is -3.70. The van der Waals surface area contributed by atoms with Crippen LogP contribution in [0.3, 0.4) is 0 Å². The molecule has 4 aromatic carbocycles. The average molecular weight is 497 g/mol. The Labute approximate surface area is 200 Å². The van der Waals surface area contributed by atoms with Crippen LogP contribution >= 0.6 is 15.9 Å². The largest absolute Gasteiger partial charge is 0.435 e. The fourth-order valence-electron chi connectivity index (χ4n) is 3.72. The van der Waals surface area contributed by atoms with Gasteiger partial charge in [-0.05, 0) is 87.6 Å². The van der Waals surface area contributed by atoms with Gasteiger partial charge in [0.05, 0.1) is 4.47 Å². The van der Waals surface area contributed by atoms with Gasteiger partial charge in [-0.15, -0.1) is 0 Å². The van der Waals surface area contributed by atoms with E-state index in [1.165, 1.54) is 5.56 Å². The van der Waals surface area contributed by atoms with Crippen molar-refractivity contribution in [3.05, 3.63) is 107 Å². The lowest BCUT2D eigenvalue weighted by Gasteiger charge is -2.07. The number of benzene rings is 4. The van der Waals surface area contributed by atoms with Crippen molar-refractivity contribution in [2.45, 2.75) is 13.3 Å². The van der Waals surface area contributed by atoms with Crippen molar-refractivity contribution in [1.82, 2.24) is 4.98 Å². The Morgan fingerprint density at radius 2 is 1.55 bits per heavy atom. The minimum absolute atomic E-state index is 0.153. The smallest absolute Gasteiger partial charge is 0.255 e. The number of hydrogen-bond acceptors (Lipinski definition) is 3. The van der Waals surface area contributed by atoms with Crippen LogP contribution in [-0.4, -0.2) is 10.9 Å². The maximum atomic E-state index is 12.7. The zero-order valence-electron chi connectivity index (χ0n) is 18.0. The van der Waals surface area contributed by atoms with Crippen LogP contribution in [0.5, 0.6) is 0 Å². The highest BCUT2D eigenvalue weighted by molar-refractivity contribution is 9.10. The molecule has 162 valence electrons. The fourth-order valence-corrected chi connectivity index (χ4v) is 4.30. The maximum absolute atomic E-state index is 12.7. The molecule has 4 nitrogen and oxygen atoms in total. The molecule has 1 aromatic heterocycles. The molecule has 0 radical (unpaired) electrons. The molecule has 33 heavy (non-hydrogen) atoms. The zero-order chi connectivity index (χ0) is 22.8. The SMILES string of the molecule is CCc1cc(Br)c2oc(-c3ccc(NC(=O)c4ccc(-c5ccccc5)cc4)cc3)nc2c1. The second-order valence-electron chi connectivity index (χ2n) is 7.77. The lowest BCUT2D eigenvalue weighted by Crippen LogP contribution is -2.11. The zero-order valence-corrected chi connectivity index (χ0v) is 19.6. The number of rotatable bonds is 5. The number of carbonyl (C=O) groups excluding carboxylic acids is 1. The molecule has 0 aliphatic rings.